The summed E-state index contributed by atoms with van der Waals surface area (Å²) in [5.41, 5.74) is 7.53. The van der Waals surface area contributed by atoms with Gasteiger partial charge in [0.1, 0.15) is 6.61 Å². The Kier molecular flexibility index (Phi) is 3.64. The molecule has 0 aromatic heterocycles. The second-order valence-corrected chi connectivity index (χ2v) is 4.27. The van der Waals surface area contributed by atoms with Crippen molar-refractivity contribution in [3.05, 3.63) is 29.3 Å². The number of hydrogen-bond donors (Lipinski definition) is 1. The summed E-state index contributed by atoms with van der Waals surface area (Å²) in [6, 6.07) is 5.37. The summed E-state index contributed by atoms with van der Waals surface area (Å²) >= 11 is 0. The number of carbonyl (C=O) groups is 1. The Balaban J connectivity index is 1.99. The number of nitrogen functional groups attached to an aromatic ring is 1. The minimum atomic E-state index is -0.365. The Labute approximate surface area is 101 Å². The molecule has 1 aliphatic rings. The molecule has 0 bridgehead atoms. The van der Waals surface area contributed by atoms with Gasteiger partial charge in [-0.25, -0.2) is 4.79 Å². The van der Waals surface area contributed by atoms with E-state index in [0.29, 0.717) is 17.9 Å². The monoisotopic (exact) mass is 235 g/mol. The van der Waals surface area contributed by atoms with Crippen LogP contribution in [-0.2, 0) is 9.47 Å². The largest absolute Gasteiger partial charge is 0.459 e. The average molecular weight is 235 g/mol. The summed E-state index contributed by atoms with van der Waals surface area (Å²) in [4.78, 5) is 11.9. The lowest BCUT2D eigenvalue weighted by atomic mass is 10.1. The fourth-order valence-electron chi connectivity index (χ4n) is 1.99. The Morgan fingerprint density at radius 1 is 1.59 bits per heavy atom. The predicted octanol–water partition coefficient (Wildman–Crippen LogP) is 1.91. The number of carbonyl (C=O) groups excluding carboxylic acids is 1. The molecule has 4 heteroatoms. The van der Waals surface area contributed by atoms with E-state index in [2.05, 4.69) is 0 Å². The zero-order valence-corrected chi connectivity index (χ0v) is 9.94. The van der Waals surface area contributed by atoms with Crippen molar-refractivity contribution in [3.8, 4) is 0 Å². The minimum Gasteiger partial charge on any atom is -0.459 e. The summed E-state index contributed by atoms with van der Waals surface area (Å²) in [5.74, 6) is -0.365. The molecule has 1 unspecified atom stereocenters. The quantitative estimate of drug-likeness (QED) is 0.642. The van der Waals surface area contributed by atoms with E-state index in [9.17, 15) is 4.79 Å². The number of anilines is 1. The molecule has 1 heterocycles. The van der Waals surface area contributed by atoms with Gasteiger partial charge in [0.2, 0.25) is 0 Å². The van der Waals surface area contributed by atoms with Gasteiger partial charge in [0.05, 0.1) is 11.7 Å². The first-order valence-corrected chi connectivity index (χ1v) is 5.82. The lowest BCUT2D eigenvalue weighted by Crippen LogP contribution is -2.19. The highest BCUT2D eigenvalue weighted by molar-refractivity contribution is 5.96. The second-order valence-electron chi connectivity index (χ2n) is 4.27. The standard InChI is InChI=1S/C13H17NO3/c1-9-4-2-6-11(14)12(9)13(15)17-8-10-5-3-7-16-10/h2,4,6,10H,3,5,7-8,14H2,1H3. The summed E-state index contributed by atoms with van der Waals surface area (Å²) in [7, 11) is 0. The maximum absolute atomic E-state index is 11.9. The van der Waals surface area contributed by atoms with E-state index in [-0.39, 0.29) is 12.1 Å². The third-order valence-corrected chi connectivity index (χ3v) is 2.93. The van der Waals surface area contributed by atoms with Gasteiger partial charge < -0.3 is 15.2 Å². The van der Waals surface area contributed by atoms with Crippen LogP contribution in [0.15, 0.2) is 18.2 Å². The Hall–Kier alpha value is -1.55. The zero-order valence-electron chi connectivity index (χ0n) is 9.94. The lowest BCUT2D eigenvalue weighted by molar-refractivity contribution is 0.0161. The van der Waals surface area contributed by atoms with Crippen LogP contribution in [0.2, 0.25) is 0 Å². The van der Waals surface area contributed by atoms with Crippen LogP contribution < -0.4 is 5.73 Å². The molecular formula is C13H17NO3. The minimum absolute atomic E-state index is 0.0455. The number of rotatable bonds is 3. The molecule has 4 nitrogen and oxygen atoms in total. The maximum atomic E-state index is 11.9. The first-order chi connectivity index (χ1) is 8.18. The van der Waals surface area contributed by atoms with Gasteiger partial charge >= 0.3 is 5.97 Å². The normalized spacial score (nSPS) is 19.2. The van der Waals surface area contributed by atoms with Crippen LogP contribution in [0.25, 0.3) is 0 Å². The fourth-order valence-corrected chi connectivity index (χ4v) is 1.99. The Morgan fingerprint density at radius 2 is 2.41 bits per heavy atom. The van der Waals surface area contributed by atoms with Gasteiger partial charge in [-0.3, -0.25) is 0 Å². The number of benzene rings is 1. The van der Waals surface area contributed by atoms with Crippen molar-refractivity contribution in [1.82, 2.24) is 0 Å². The van der Waals surface area contributed by atoms with E-state index in [4.69, 9.17) is 15.2 Å². The van der Waals surface area contributed by atoms with Crippen LogP contribution >= 0.6 is 0 Å². The topological polar surface area (TPSA) is 61.6 Å². The molecule has 1 saturated heterocycles. The van der Waals surface area contributed by atoms with Crippen molar-refractivity contribution in [2.45, 2.75) is 25.9 Å². The maximum Gasteiger partial charge on any atom is 0.340 e. The Morgan fingerprint density at radius 3 is 3.06 bits per heavy atom. The number of hydrogen-bond acceptors (Lipinski definition) is 4. The summed E-state index contributed by atoms with van der Waals surface area (Å²) < 4.78 is 10.6. The summed E-state index contributed by atoms with van der Waals surface area (Å²) in [6.45, 7) is 2.92. The van der Waals surface area contributed by atoms with Crippen molar-refractivity contribution in [3.63, 3.8) is 0 Å². The van der Waals surface area contributed by atoms with Gasteiger partial charge in [0.25, 0.3) is 0 Å². The average Bonchev–Trinajstić information content (AvgIpc) is 2.79. The SMILES string of the molecule is Cc1cccc(N)c1C(=O)OCC1CCCO1. The molecule has 17 heavy (non-hydrogen) atoms. The van der Waals surface area contributed by atoms with E-state index >= 15 is 0 Å². The Bertz CT molecular complexity index is 391. The van der Waals surface area contributed by atoms with Crippen molar-refractivity contribution >= 4 is 11.7 Å². The molecule has 2 N–H and O–H groups in total. The van der Waals surface area contributed by atoms with Gasteiger partial charge in [0.15, 0.2) is 0 Å². The predicted molar refractivity (Wildman–Crippen MR) is 64.8 cm³/mol. The smallest absolute Gasteiger partial charge is 0.340 e. The van der Waals surface area contributed by atoms with Crippen LogP contribution in [0.5, 0.6) is 0 Å². The van der Waals surface area contributed by atoms with Crippen LogP contribution in [0.4, 0.5) is 5.69 Å². The van der Waals surface area contributed by atoms with E-state index in [0.717, 1.165) is 25.0 Å². The molecule has 0 aliphatic carbocycles. The van der Waals surface area contributed by atoms with Crippen molar-refractivity contribution in [2.24, 2.45) is 0 Å². The second kappa shape index (κ2) is 5.19. The van der Waals surface area contributed by atoms with Crippen LogP contribution in [0.3, 0.4) is 0 Å². The molecule has 92 valence electrons. The van der Waals surface area contributed by atoms with Gasteiger partial charge in [-0.1, -0.05) is 12.1 Å². The van der Waals surface area contributed by atoms with Gasteiger partial charge in [-0.2, -0.15) is 0 Å². The molecular weight excluding hydrogens is 218 g/mol. The van der Waals surface area contributed by atoms with E-state index < -0.39 is 0 Å². The molecule has 1 aromatic rings. The molecule has 1 fully saturated rings. The third kappa shape index (κ3) is 2.77. The van der Waals surface area contributed by atoms with Crippen LogP contribution in [0.1, 0.15) is 28.8 Å². The number of esters is 1. The van der Waals surface area contributed by atoms with Crippen molar-refractivity contribution < 1.29 is 14.3 Å². The van der Waals surface area contributed by atoms with Gasteiger partial charge in [0, 0.05) is 12.3 Å². The first-order valence-electron chi connectivity index (χ1n) is 5.82. The number of nitrogens with two attached hydrogens (primary N) is 1. The van der Waals surface area contributed by atoms with Crippen LogP contribution in [0, 0.1) is 6.92 Å². The third-order valence-electron chi connectivity index (χ3n) is 2.93. The number of ether oxygens (including phenoxy) is 2. The molecule has 0 spiro atoms. The van der Waals surface area contributed by atoms with Crippen molar-refractivity contribution in [2.75, 3.05) is 18.9 Å². The fraction of sp³-hybridized carbons (Fsp3) is 0.462. The summed E-state index contributed by atoms with van der Waals surface area (Å²) in [5, 5.41) is 0. The lowest BCUT2D eigenvalue weighted by Gasteiger charge is -2.12. The van der Waals surface area contributed by atoms with E-state index in [1.807, 2.05) is 19.1 Å². The molecule has 0 saturated carbocycles. The summed E-state index contributed by atoms with van der Waals surface area (Å²) in [6.07, 6.45) is 2.04. The number of aryl methyl sites for hydroxylation is 1. The van der Waals surface area contributed by atoms with Crippen molar-refractivity contribution in [1.29, 1.82) is 0 Å². The van der Waals surface area contributed by atoms with Gasteiger partial charge in [-0.15, -0.1) is 0 Å². The highest BCUT2D eigenvalue weighted by Crippen LogP contribution is 2.18. The van der Waals surface area contributed by atoms with E-state index in [1.165, 1.54) is 0 Å². The van der Waals surface area contributed by atoms with Gasteiger partial charge in [-0.05, 0) is 31.4 Å². The zero-order chi connectivity index (χ0) is 12.3. The molecule has 1 aromatic carbocycles. The first kappa shape index (κ1) is 11.9. The molecule has 0 radical (unpaired) electrons. The highest BCUT2D eigenvalue weighted by Gasteiger charge is 2.19. The van der Waals surface area contributed by atoms with E-state index in [1.54, 1.807) is 6.07 Å². The highest BCUT2D eigenvalue weighted by atomic mass is 16.6. The molecule has 1 aliphatic heterocycles. The van der Waals surface area contributed by atoms with Crippen LogP contribution in [-0.4, -0.2) is 25.3 Å². The molecule has 2 rings (SSSR count). The molecule has 0 amide bonds. The molecule has 1 atom stereocenters.